The normalized spacial score (nSPS) is 26.9. The van der Waals surface area contributed by atoms with E-state index in [-0.39, 0.29) is 31.6 Å². The molecular formula is C30H39ClN2O6. The van der Waals surface area contributed by atoms with Gasteiger partial charge in [0.15, 0.2) is 0 Å². The van der Waals surface area contributed by atoms with Crippen LogP contribution in [-0.4, -0.2) is 71.8 Å². The number of ether oxygens (including phenoxy) is 2. The third-order valence-electron chi connectivity index (χ3n) is 8.13. The van der Waals surface area contributed by atoms with E-state index in [2.05, 4.69) is 13.2 Å². The quantitative estimate of drug-likeness (QED) is 0.196. The van der Waals surface area contributed by atoms with Crippen LogP contribution in [0, 0.1) is 11.8 Å². The second-order valence-electron chi connectivity index (χ2n) is 10.5. The van der Waals surface area contributed by atoms with Crippen LogP contribution in [0.15, 0.2) is 49.6 Å². The Balaban J connectivity index is 1.64. The third-order valence-corrected chi connectivity index (χ3v) is 8.45. The highest BCUT2D eigenvalue weighted by Crippen LogP contribution is 2.59. The summed E-state index contributed by atoms with van der Waals surface area (Å²) in [4.78, 5) is 44.9. The van der Waals surface area contributed by atoms with E-state index in [1.807, 2.05) is 6.08 Å². The first-order valence-electron chi connectivity index (χ1n) is 13.9. The molecule has 3 heterocycles. The van der Waals surface area contributed by atoms with Crippen LogP contribution in [0.5, 0.6) is 0 Å². The van der Waals surface area contributed by atoms with E-state index in [0.717, 1.165) is 12.8 Å². The molecule has 1 aromatic rings. The van der Waals surface area contributed by atoms with Crippen molar-refractivity contribution in [3.05, 3.63) is 54.6 Å². The number of carbonyl (C=O) groups is 3. The molecule has 212 valence electrons. The number of likely N-dealkylation sites (tertiary alicyclic amines) is 1. The highest BCUT2D eigenvalue weighted by molar-refractivity contribution is 6.34. The number of aliphatic hydroxyl groups is 1. The maximum atomic E-state index is 14.4. The molecule has 2 unspecified atom stereocenters. The Bertz CT molecular complexity index is 1080. The summed E-state index contributed by atoms with van der Waals surface area (Å²) in [5.74, 6) is -2.50. The molecule has 0 radical (unpaired) electrons. The van der Waals surface area contributed by atoms with Gasteiger partial charge in [0.1, 0.15) is 11.6 Å². The second-order valence-corrected chi connectivity index (χ2v) is 10.9. The van der Waals surface area contributed by atoms with E-state index in [9.17, 15) is 19.5 Å². The molecule has 0 aromatic heterocycles. The zero-order valence-electron chi connectivity index (χ0n) is 22.4. The molecule has 2 bridgehead atoms. The van der Waals surface area contributed by atoms with Gasteiger partial charge < -0.3 is 24.4 Å². The maximum absolute atomic E-state index is 14.4. The molecule has 39 heavy (non-hydrogen) atoms. The predicted octanol–water partition coefficient (Wildman–Crippen LogP) is 4.30. The van der Waals surface area contributed by atoms with Gasteiger partial charge in [0.2, 0.25) is 5.91 Å². The average Bonchev–Trinajstić information content (AvgIpc) is 3.57. The molecule has 3 fully saturated rings. The lowest BCUT2D eigenvalue weighted by Crippen LogP contribution is -2.56. The van der Waals surface area contributed by atoms with Gasteiger partial charge in [0.25, 0.3) is 5.91 Å². The minimum absolute atomic E-state index is 0.0635. The number of carbonyl (C=O) groups excluding carboxylic acids is 3. The Morgan fingerprint density at radius 3 is 2.69 bits per heavy atom. The number of benzene rings is 1. The summed E-state index contributed by atoms with van der Waals surface area (Å²) < 4.78 is 12.1. The van der Waals surface area contributed by atoms with Crippen LogP contribution in [0.3, 0.4) is 0 Å². The Morgan fingerprint density at radius 2 is 1.97 bits per heavy atom. The molecule has 5 atom stereocenters. The molecule has 3 aliphatic rings. The fraction of sp³-hybridized carbons (Fsp3) is 0.567. The summed E-state index contributed by atoms with van der Waals surface area (Å²) in [7, 11) is 0. The number of nitrogens with zero attached hydrogens (tertiary/aromatic N) is 2. The van der Waals surface area contributed by atoms with Crippen molar-refractivity contribution in [2.24, 2.45) is 11.8 Å². The standard InChI is InChI=1S/C30H39ClN2O6/c1-3-5-6-12-20-38-29(37)24-23-15-16-30(39-23)25(24)27(35)33(18-10-7-11-19-34)26(30)28(36)32(17-4-2)22-14-9-8-13-21(22)31/h3-4,8-9,13-14,23-26,34H,1-2,5-7,10-12,15-20H2/t23-,24+,25+,26?,30?/m1/s1. The molecule has 1 aromatic carbocycles. The summed E-state index contributed by atoms with van der Waals surface area (Å²) in [5, 5.41) is 9.64. The minimum atomic E-state index is -1.11. The van der Waals surface area contributed by atoms with Gasteiger partial charge in [0, 0.05) is 19.7 Å². The van der Waals surface area contributed by atoms with Crippen molar-refractivity contribution < 1.29 is 29.0 Å². The fourth-order valence-corrected chi connectivity index (χ4v) is 6.66. The van der Waals surface area contributed by atoms with Crippen molar-refractivity contribution in [2.45, 2.75) is 69.1 Å². The van der Waals surface area contributed by atoms with E-state index in [0.29, 0.717) is 55.8 Å². The summed E-state index contributed by atoms with van der Waals surface area (Å²) >= 11 is 6.49. The van der Waals surface area contributed by atoms with Gasteiger partial charge in [-0.05, 0) is 63.5 Å². The van der Waals surface area contributed by atoms with Gasteiger partial charge in [-0.1, -0.05) is 35.9 Å². The van der Waals surface area contributed by atoms with Gasteiger partial charge in [0.05, 0.1) is 35.3 Å². The van der Waals surface area contributed by atoms with Gasteiger partial charge >= 0.3 is 5.97 Å². The van der Waals surface area contributed by atoms with Crippen LogP contribution in [0.25, 0.3) is 0 Å². The molecule has 0 aliphatic carbocycles. The Morgan fingerprint density at radius 1 is 1.18 bits per heavy atom. The summed E-state index contributed by atoms with van der Waals surface area (Å²) in [5.41, 5.74) is -0.581. The number of para-hydroxylation sites is 1. The first-order chi connectivity index (χ1) is 18.9. The molecule has 1 N–H and O–H groups in total. The Kier molecular flexibility index (Phi) is 9.86. The van der Waals surface area contributed by atoms with Crippen molar-refractivity contribution in [1.82, 2.24) is 4.90 Å². The van der Waals surface area contributed by atoms with E-state index in [4.69, 9.17) is 21.1 Å². The molecule has 3 aliphatic heterocycles. The monoisotopic (exact) mass is 558 g/mol. The molecule has 4 rings (SSSR count). The number of halogens is 1. The van der Waals surface area contributed by atoms with Gasteiger partial charge in [-0.3, -0.25) is 14.4 Å². The minimum Gasteiger partial charge on any atom is -0.465 e. The number of esters is 1. The van der Waals surface area contributed by atoms with Crippen molar-refractivity contribution >= 4 is 35.1 Å². The number of anilines is 1. The molecular weight excluding hydrogens is 520 g/mol. The van der Waals surface area contributed by atoms with E-state index in [1.165, 1.54) is 0 Å². The smallest absolute Gasteiger partial charge is 0.312 e. The number of hydrogen-bond donors (Lipinski definition) is 1. The highest BCUT2D eigenvalue weighted by Gasteiger charge is 2.75. The van der Waals surface area contributed by atoms with Crippen LogP contribution in [0.4, 0.5) is 5.69 Å². The van der Waals surface area contributed by atoms with Crippen LogP contribution in [0.2, 0.25) is 5.02 Å². The number of unbranched alkanes of at least 4 members (excludes halogenated alkanes) is 4. The van der Waals surface area contributed by atoms with E-state index < -0.39 is 35.6 Å². The van der Waals surface area contributed by atoms with Crippen molar-refractivity contribution in [3.63, 3.8) is 0 Å². The Hall–Kier alpha value is -2.68. The van der Waals surface area contributed by atoms with E-state index >= 15 is 0 Å². The number of amides is 2. The average molecular weight is 559 g/mol. The van der Waals surface area contributed by atoms with Crippen LogP contribution in [-0.2, 0) is 23.9 Å². The largest absolute Gasteiger partial charge is 0.465 e. The van der Waals surface area contributed by atoms with E-state index in [1.54, 1.807) is 40.1 Å². The zero-order valence-corrected chi connectivity index (χ0v) is 23.2. The predicted molar refractivity (Wildman–Crippen MR) is 149 cm³/mol. The lowest BCUT2D eigenvalue weighted by Gasteiger charge is -2.37. The van der Waals surface area contributed by atoms with Crippen LogP contribution < -0.4 is 4.90 Å². The lowest BCUT2D eigenvalue weighted by atomic mass is 9.70. The third kappa shape index (κ3) is 5.65. The van der Waals surface area contributed by atoms with Gasteiger partial charge in [-0.25, -0.2) is 0 Å². The maximum Gasteiger partial charge on any atom is 0.312 e. The zero-order chi connectivity index (χ0) is 28.0. The van der Waals surface area contributed by atoms with Crippen molar-refractivity contribution in [2.75, 3.05) is 31.2 Å². The van der Waals surface area contributed by atoms with Crippen molar-refractivity contribution in [3.8, 4) is 0 Å². The summed E-state index contributed by atoms with van der Waals surface area (Å²) in [6.07, 6.45) is 8.44. The fourth-order valence-electron chi connectivity index (χ4n) is 6.43. The Labute approximate surface area is 235 Å². The molecule has 9 heteroatoms. The van der Waals surface area contributed by atoms with Crippen LogP contribution in [0.1, 0.15) is 51.4 Å². The van der Waals surface area contributed by atoms with Crippen molar-refractivity contribution in [1.29, 1.82) is 0 Å². The molecule has 3 saturated heterocycles. The highest BCUT2D eigenvalue weighted by atomic mass is 35.5. The number of rotatable bonds is 15. The molecule has 8 nitrogen and oxygen atoms in total. The first kappa shape index (κ1) is 29.3. The van der Waals surface area contributed by atoms with Gasteiger partial charge in [-0.15, -0.1) is 13.2 Å². The number of hydrogen-bond acceptors (Lipinski definition) is 6. The second kappa shape index (κ2) is 13.1. The summed E-state index contributed by atoms with van der Waals surface area (Å²) in [6, 6.07) is 6.17. The topological polar surface area (TPSA) is 96.4 Å². The lowest BCUT2D eigenvalue weighted by molar-refractivity contribution is -0.155. The first-order valence-corrected chi connectivity index (χ1v) is 14.3. The molecule has 2 amide bonds. The number of fused-ring (bicyclic) bond motifs is 1. The van der Waals surface area contributed by atoms with Gasteiger partial charge in [-0.2, -0.15) is 0 Å². The SMILES string of the molecule is C=CCCCCOC(=O)[C@@H]1[C@H]2C(=O)N(CCCCCO)C(C(=O)N(CC=C)c3ccccc3Cl)C23CC[C@H]1O3. The molecule has 0 saturated carbocycles. The number of allylic oxidation sites excluding steroid dienone is 1. The molecule has 1 spiro atoms. The summed E-state index contributed by atoms with van der Waals surface area (Å²) in [6.45, 7) is 8.40. The van der Waals surface area contributed by atoms with Crippen LogP contribution >= 0.6 is 11.6 Å². The number of aliphatic hydroxyl groups excluding tert-OH is 1.